The number of aliphatic carboxylic acids is 2. The summed E-state index contributed by atoms with van der Waals surface area (Å²) in [5.41, 5.74) is 43.7. The average molecular weight is 1130 g/mol. The second-order valence-corrected chi connectivity index (χ2v) is 18.6. The molecule has 0 aromatic rings. The fourth-order valence-electron chi connectivity index (χ4n) is 7.22. The summed E-state index contributed by atoms with van der Waals surface area (Å²) in [6, 6.07) is -12.2. The van der Waals surface area contributed by atoms with Crippen molar-refractivity contribution in [1.29, 1.82) is 0 Å². The second-order valence-electron chi connectivity index (χ2n) is 18.6. The SMILES string of the molecule is CC[C@H](C)[C@H](NC(=O)[C@H](CC(=O)O)NC(=O)[C@H](C)NC(=O)[C@H](CO)NC(=O)[C@H](CCCN=C(N)N)NC(=O)[C@H](CCCN=C(N)N)NC(=O)[C@H](CCCCN)NC(=O)[C@H](CCC(=O)O)NC(=O)[C@@H](C)CCCN=C(N)N)C(N)=O. The number of primary amides is 1. The third-order valence-corrected chi connectivity index (χ3v) is 12.0. The van der Waals surface area contributed by atoms with E-state index in [1.807, 2.05) is 0 Å². The molecule has 0 aromatic carbocycles. The first-order valence-corrected chi connectivity index (χ1v) is 25.7. The van der Waals surface area contributed by atoms with Gasteiger partial charge in [0.25, 0.3) is 0 Å². The first kappa shape index (κ1) is 70.9. The van der Waals surface area contributed by atoms with Crippen LogP contribution in [0, 0.1) is 11.8 Å². The molecule has 0 bridgehead atoms. The summed E-state index contributed by atoms with van der Waals surface area (Å²) in [5, 5.41) is 48.4. The lowest BCUT2D eigenvalue weighted by molar-refractivity contribution is -0.141. The topological polar surface area (TPSA) is 590 Å². The van der Waals surface area contributed by atoms with Crippen molar-refractivity contribution in [2.75, 3.05) is 32.8 Å². The number of hydrogen-bond acceptors (Lipinski definition) is 16. The van der Waals surface area contributed by atoms with Crippen LogP contribution < -0.4 is 88.4 Å². The van der Waals surface area contributed by atoms with Crippen LogP contribution in [0.15, 0.2) is 15.0 Å². The molecule has 0 saturated carbocycles. The van der Waals surface area contributed by atoms with Gasteiger partial charge in [0.2, 0.25) is 53.2 Å². The zero-order chi connectivity index (χ0) is 60.4. The molecule has 0 aliphatic carbocycles. The van der Waals surface area contributed by atoms with E-state index in [2.05, 4.69) is 57.5 Å². The number of nitrogens with two attached hydrogens (primary N) is 8. The van der Waals surface area contributed by atoms with Crippen LogP contribution in [-0.2, 0) is 52.7 Å². The van der Waals surface area contributed by atoms with E-state index in [0.29, 0.717) is 25.7 Å². The summed E-state index contributed by atoms with van der Waals surface area (Å²) in [5.74, 6) is -13.3. The molecule has 448 valence electrons. The van der Waals surface area contributed by atoms with E-state index < -0.39 is 145 Å². The Morgan fingerprint density at radius 1 is 0.443 bits per heavy atom. The van der Waals surface area contributed by atoms with Gasteiger partial charge in [-0.1, -0.05) is 27.2 Å². The molecule has 79 heavy (non-hydrogen) atoms. The Balaban J connectivity index is 6.76. The zero-order valence-corrected chi connectivity index (χ0v) is 45.3. The van der Waals surface area contributed by atoms with Gasteiger partial charge in [0.1, 0.15) is 48.3 Å². The summed E-state index contributed by atoms with van der Waals surface area (Å²) in [4.78, 5) is 156. The van der Waals surface area contributed by atoms with Gasteiger partial charge in [-0.15, -0.1) is 0 Å². The van der Waals surface area contributed by atoms with Gasteiger partial charge in [0.15, 0.2) is 17.9 Å². The molecule has 0 rings (SSSR count). The summed E-state index contributed by atoms with van der Waals surface area (Å²) >= 11 is 0. The van der Waals surface area contributed by atoms with Crippen LogP contribution in [-0.4, -0.2) is 179 Å². The van der Waals surface area contributed by atoms with Crippen LogP contribution >= 0.6 is 0 Å². The number of carbonyl (C=O) groups excluding carboxylic acids is 9. The van der Waals surface area contributed by atoms with Crippen molar-refractivity contribution < 1.29 is 68.1 Å². The standard InChI is InChI=1S/C46H85N19O14/c1-5-23(2)34(35(48)71)65-42(78)30(21-33(69)70)63-37(73)25(4)58-43(79)31(22-66)64-40(76)28(14-10-20-57-46(53)54)62-39(75)27(13-9-19-56-45(51)52)61-38(74)26(12-6-7-17-47)60-41(77)29(15-16-32(67)68)59-36(72)24(3)11-8-18-55-44(49)50/h23-31,34,66H,5-22,47H2,1-4H3,(H2,48,71)(H,58,79)(H,59,72)(H,60,77)(H,61,74)(H,62,75)(H,63,73)(H,64,76)(H,65,78)(H,67,68)(H,69,70)(H4,49,50,55)(H4,51,52,56)(H4,53,54,57)/t23-,24-,25-,26-,27-,28-,29-,30-,31-,34-/m0/s1. The van der Waals surface area contributed by atoms with Gasteiger partial charge in [-0.25, -0.2) is 0 Å². The van der Waals surface area contributed by atoms with Gasteiger partial charge >= 0.3 is 11.9 Å². The number of rotatable bonds is 41. The Kier molecular flexibility index (Phi) is 34.5. The molecule has 0 aliphatic rings. The van der Waals surface area contributed by atoms with Crippen molar-refractivity contribution in [1.82, 2.24) is 42.5 Å². The molecule has 9 amide bonds. The molecule has 0 unspecified atom stereocenters. The molecule has 33 heteroatoms. The highest BCUT2D eigenvalue weighted by Gasteiger charge is 2.35. The maximum absolute atomic E-state index is 14.2. The minimum absolute atomic E-state index is 0.0270. The van der Waals surface area contributed by atoms with Crippen LogP contribution in [0.3, 0.4) is 0 Å². The first-order chi connectivity index (χ1) is 37.1. The van der Waals surface area contributed by atoms with Crippen molar-refractivity contribution >= 4 is 83.0 Å². The molecule has 0 saturated heterocycles. The number of carboxylic acid groups (broad SMARTS) is 2. The molecule has 10 atom stereocenters. The monoisotopic (exact) mass is 1130 g/mol. The van der Waals surface area contributed by atoms with Gasteiger partial charge < -0.3 is 104 Å². The highest BCUT2D eigenvalue weighted by atomic mass is 16.4. The molecule has 0 aromatic heterocycles. The number of hydrogen-bond donors (Lipinski definition) is 19. The van der Waals surface area contributed by atoms with E-state index in [0.717, 1.165) is 6.92 Å². The van der Waals surface area contributed by atoms with E-state index in [1.54, 1.807) is 20.8 Å². The maximum atomic E-state index is 14.2. The second kappa shape index (κ2) is 38.4. The zero-order valence-electron chi connectivity index (χ0n) is 45.3. The van der Waals surface area contributed by atoms with Crippen LogP contribution in [0.5, 0.6) is 0 Å². The predicted molar refractivity (Wildman–Crippen MR) is 288 cm³/mol. The molecular formula is C46H85N19O14. The Bertz CT molecular complexity index is 2140. The Morgan fingerprint density at radius 3 is 1.22 bits per heavy atom. The average Bonchev–Trinajstić information content (AvgIpc) is 3.37. The van der Waals surface area contributed by atoms with Gasteiger partial charge in [-0.3, -0.25) is 67.7 Å². The number of amides is 9. The highest BCUT2D eigenvalue weighted by molar-refractivity contribution is 5.98. The Labute approximate surface area is 457 Å². The van der Waals surface area contributed by atoms with Gasteiger partial charge in [0, 0.05) is 32.0 Å². The lowest BCUT2D eigenvalue weighted by atomic mass is 9.98. The number of guanidine groups is 3. The number of aliphatic imine (C=N–C) groups is 3. The number of nitrogens with zero attached hydrogens (tertiary/aromatic N) is 3. The number of aliphatic hydroxyl groups is 1. The molecule has 0 fully saturated rings. The van der Waals surface area contributed by atoms with Crippen molar-refractivity contribution in [3.63, 3.8) is 0 Å². The van der Waals surface area contributed by atoms with E-state index >= 15 is 0 Å². The van der Waals surface area contributed by atoms with E-state index in [-0.39, 0.29) is 89.0 Å². The number of unbranched alkanes of at least 4 members (excludes halogenated alkanes) is 1. The summed E-state index contributed by atoms with van der Waals surface area (Å²) in [6.45, 7) is 5.31. The summed E-state index contributed by atoms with van der Waals surface area (Å²) in [6.07, 6.45) is -0.453. The number of nitrogens with one attached hydrogen (secondary N) is 8. The van der Waals surface area contributed by atoms with Crippen molar-refractivity contribution in [3.05, 3.63) is 0 Å². The lowest BCUT2D eigenvalue weighted by Crippen LogP contribution is -2.60. The molecule has 0 aliphatic heterocycles. The van der Waals surface area contributed by atoms with Crippen molar-refractivity contribution in [2.45, 2.75) is 160 Å². The molecular weight excluding hydrogens is 1040 g/mol. The fourth-order valence-corrected chi connectivity index (χ4v) is 7.22. The predicted octanol–water partition coefficient (Wildman–Crippen LogP) is -7.33. The Hall–Kier alpha value is -8.10. The number of carboxylic acids is 2. The fraction of sp³-hybridized carbons (Fsp3) is 0.696. The summed E-state index contributed by atoms with van der Waals surface area (Å²) < 4.78 is 0. The molecule has 0 heterocycles. The van der Waals surface area contributed by atoms with Gasteiger partial charge in [0.05, 0.1) is 13.0 Å². The largest absolute Gasteiger partial charge is 0.481 e. The van der Waals surface area contributed by atoms with Crippen LogP contribution in [0.25, 0.3) is 0 Å². The van der Waals surface area contributed by atoms with Gasteiger partial charge in [-0.2, -0.15) is 0 Å². The molecule has 0 spiro atoms. The quantitative estimate of drug-likeness (QED) is 0.0154. The minimum Gasteiger partial charge on any atom is -0.481 e. The maximum Gasteiger partial charge on any atom is 0.305 e. The van der Waals surface area contributed by atoms with Crippen LogP contribution in [0.4, 0.5) is 0 Å². The molecule has 33 nitrogen and oxygen atoms in total. The molecule has 27 N–H and O–H groups in total. The van der Waals surface area contributed by atoms with Crippen molar-refractivity contribution in [2.24, 2.45) is 72.7 Å². The van der Waals surface area contributed by atoms with E-state index in [9.17, 15) is 68.1 Å². The smallest absolute Gasteiger partial charge is 0.305 e. The van der Waals surface area contributed by atoms with E-state index in [4.69, 9.17) is 45.9 Å². The Morgan fingerprint density at radius 2 is 0.823 bits per heavy atom. The van der Waals surface area contributed by atoms with Gasteiger partial charge in [-0.05, 0) is 83.6 Å². The van der Waals surface area contributed by atoms with Crippen molar-refractivity contribution in [3.8, 4) is 0 Å². The highest BCUT2D eigenvalue weighted by Crippen LogP contribution is 2.12. The number of aliphatic hydroxyl groups excluding tert-OH is 1. The number of carbonyl (C=O) groups is 11. The van der Waals surface area contributed by atoms with Crippen LogP contribution in [0.2, 0.25) is 0 Å². The minimum atomic E-state index is -1.80. The summed E-state index contributed by atoms with van der Waals surface area (Å²) in [7, 11) is 0. The van der Waals surface area contributed by atoms with E-state index in [1.165, 1.54) is 0 Å². The molecule has 0 radical (unpaired) electrons. The normalized spacial score (nSPS) is 14.6. The van der Waals surface area contributed by atoms with Crippen LogP contribution in [0.1, 0.15) is 111 Å². The lowest BCUT2D eigenvalue weighted by Gasteiger charge is -2.27. The first-order valence-electron chi connectivity index (χ1n) is 25.7. The third kappa shape index (κ3) is 30.4. The third-order valence-electron chi connectivity index (χ3n) is 12.0.